The van der Waals surface area contributed by atoms with Gasteiger partial charge < -0.3 is 4.84 Å². The summed E-state index contributed by atoms with van der Waals surface area (Å²) in [5.74, 6) is 0. The summed E-state index contributed by atoms with van der Waals surface area (Å²) >= 11 is 0. The van der Waals surface area contributed by atoms with E-state index >= 15 is 0 Å². The second kappa shape index (κ2) is 5.10. The van der Waals surface area contributed by atoms with Crippen LogP contribution in [0.1, 0.15) is 44.9 Å². The predicted octanol–water partition coefficient (Wildman–Crippen LogP) is 2.80. The van der Waals surface area contributed by atoms with Crippen molar-refractivity contribution < 1.29 is 4.84 Å². The van der Waals surface area contributed by atoms with Crippen LogP contribution in [0.2, 0.25) is 0 Å². The van der Waals surface area contributed by atoms with Gasteiger partial charge in [0.15, 0.2) is 5.34 Å². The van der Waals surface area contributed by atoms with Crippen molar-refractivity contribution in [2.75, 3.05) is 0 Å². The summed E-state index contributed by atoms with van der Waals surface area (Å²) in [4.78, 5) is 14.5. The molecule has 64 valence electrons. The van der Waals surface area contributed by atoms with E-state index in [1.807, 2.05) is 0 Å². The van der Waals surface area contributed by atoms with Gasteiger partial charge in [-0.05, 0) is 25.7 Å². The molecule has 1 saturated carbocycles. The van der Waals surface area contributed by atoms with Crippen LogP contribution in [0, 0.1) is 4.91 Å². The summed E-state index contributed by atoms with van der Waals surface area (Å²) in [5, 5.41) is 2.48. The van der Waals surface area contributed by atoms with Crippen LogP contribution in [0.4, 0.5) is 0 Å². The first-order valence-corrected chi connectivity index (χ1v) is 4.42. The van der Waals surface area contributed by atoms with Crippen LogP contribution in [0.25, 0.3) is 0 Å². The van der Waals surface area contributed by atoms with Gasteiger partial charge in [-0.25, -0.2) is 0 Å². The van der Waals surface area contributed by atoms with Gasteiger partial charge in [0.25, 0.3) is 0 Å². The summed E-state index contributed by atoms with van der Waals surface area (Å²) in [5.41, 5.74) is 0. The first kappa shape index (κ1) is 8.50. The molecule has 0 aliphatic heterocycles. The van der Waals surface area contributed by atoms with E-state index in [4.69, 9.17) is 0 Å². The minimum absolute atomic E-state index is 0.104. The molecule has 3 heteroatoms. The van der Waals surface area contributed by atoms with Gasteiger partial charge in [-0.3, -0.25) is 0 Å². The van der Waals surface area contributed by atoms with Gasteiger partial charge in [-0.1, -0.05) is 19.3 Å². The Morgan fingerprint density at radius 3 is 2.09 bits per heavy atom. The first-order chi connectivity index (χ1) is 5.43. The summed E-state index contributed by atoms with van der Waals surface area (Å²) in [6.45, 7) is 0. The summed E-state index contributed by atoms with van der Waals surface area (Å²) in [6.07, 6.45) is 8.36. The Balaban J connectivity index is 2.20. The lowest BCUT2D eigenvalue weighted by Crippen LogP contribution is -2.11. The molecule has 0 heterocycles. The lowest BCUT2D eigenvalue weighted by Gasteiger charge is -2.15. The Bertz CT molecular complexity index is 109. The molecular weight excluding hydrogens is 142 g/mol. The van der Waals surface area contributed by atoms with E-state index in [1.54, 1.807) is 0 Å². The van der Waals surface area contributed by atoms with E-state index in [-0.39, 0.29) is 6.10 Å². The second-order valence-electron chi connectivity index (χ2n) is 3.15. The van der Waals surface area contributed by atoms with Crippen molar-refractivity contribution in [3.63, 3.8) is 0 Å². The Morgan fingerprint density at radius 2 is 1.55 bits per heavy atom. The van der Waals surface area contributed by atoms with Gasteiger partial charge in [-0.15, -0.1) is 4.91 Å². The van der Waals surface area contributed by atoms with Crippen molar-refractivity contribution in [1.29, 1.82) is 0 Å². The largest absolute Gasteiger partial charge is 0.361 e. The van der Waals surface area contributed by atoms with Crippen molar-refractivity contribution in [3.05, 3.63) is 4.91 Å². The molecule has 1 fully saturated rings. The molecular formula is C8H15NO2. The van der Waals surface area contributed by atoms with Crippen LogP contribution >= 0.6 is 0 Å². The molecule has 0 unspecified atom stereocenters. The first-order valence-electron chi connectivity index (χ1n) is 4.42. The van der Waals surface area contributed by atoms with Gasteiger partial charge in [0.1, 0.15) is 6.10 Å². The lowest BCUT2D eigenvalue weighted by atomic mass is 9.99. The van der Waals surface area contributed by atoms with Crippen LogP contribution in [0.5, 0.6) is 0 Å². The van der Waals surface area contributed by atoms with Crippen LogP contribution in [0.3, 0.4) is 0 Å². The van der Waals surface area contributed by atoms with E-state index in [9.17, 15) is 4.91 Å². The SMILES string of the molecule is O=NOC1CCCCCCC1. The average molecular weight is 157 g/mol. The number of rotatable bonds is 2. The molecule has 11 heavy (non-hydrogen) atoms. The minimum atomic E-state index is 0.104. The van der Waals surface area contributed by atoms with E-state index in [0.29, 0.717) is 0 Å². The van der Waals surface area contributed by atoms with Crippen molar-refractivity contribution in [3.8, 4) is 0 Å². The summed E-state index contributed by atoms with van der Waals surface area (Å²) in [6, 6.07) is 0. The molecule has 0 aromatic heterocycles. The van der Waals surface area contributed by atoms with Crippen molar-refractivity contribution >= 4 is 0 Å². The highest BCUT2D eigenvalue weighted by atomic mass is 16.7. The van der Waals surface area contributed by atoms with Crippen molar-refractivity contribution in [2.24, 2.45) is 5.34 Å². The Kier molecular flexibility index (Phi) is 3.94. The molecule has 0 spiro atoms. The smallest absolute Gasteiger partial charge is 0.155 e. The lowest BCUT2D eigenvalue weighted by molar-refractivity contribution is 0.0369. The predicted molar refractivity (Wildman–Crippen MR) is 43.0 cm³/mol. The quantitative estimate of drug-likeness (QED) is 0.456. The third-order valence-electron chi connectivity index (χ3n) is 2.24. The molecule has 1 aliphatic rings. The van der Waals surface area contributed by atoms with Gasteiger partial charge in [-0.2, -0.15) is 0 Å². The fraction of sp³-hybridized carbons (Fsp3) is 1.00. The van der Waals surface area contributed by atoms with Crippen LogP contribution in [0.15, 0.2) is 5.34 Å². The van der Waals surface area contributed by atoms with E-state index < -0.39 is 0 Å². The normalized spacial score (nSPS) is 21.8. The maximum absolute atomic E-state index is 9.80. The zero-order valence-corrected chi connectivity index (χ0v) is 6.79. The maximum atomic E-state index is 9.80. The Hall–Kier alpha value is -0.600. The molecule has 0 atom stereocenters. The van der Waals surface area contributed by atoms with Crippen LogP contribution < -0.4 is 0 Å². The Labute approximate surface area is 67.1 Å². The van der Waals surface area contributed by atoms with Gasteiger partial charge >= 0.3 is 0 Å². The number of nitrogens with zero attached hydrogens (tertiary/aromatic N) is 1. The zero-order valence-electron chi connectivity index (χ0n) is 6.79. The molecule has 3 nitrogen and oxygen atoms in total. The van der Waals surface area contributed by atoms with Crippen LogP contribution in [-0.2, 0) is 4.84 Å². The average Bonchev–Trinajstić information content (AvgIpc) is 1.94. The fourth-order valence-electron chi connectivity index (χ4n) is 1.58. The highest BCUT2D eigenvalue weighted by Crippen LogP contribution is 2.19. The van der Waals surface area contributed by atoms with Gasteiger partial charge in [0.2, 0.25) is 0 Å². The molecule has 0 saturated heterocycles. The van der Waals surface area contributed by atoms with Crippen molar-refractivity contribution in [1.82, 2.24) is 0 Å². The molecule has 0 bridgehead atoms. The molecule has 0 N–H and O–H groups in total. The van der Waals surface area contributed by atoms with Gasteiger partial charge in [0, 0.05) is 0 Å². The fourth-order valence-corrected chi connectivity index (χ4v) is 1.58. The third-order valence-corrected chi connectivity index (χ3v) is 2.24. The Morgan fingerprint density at radius 1 is 1.00 bits per heavy atom. The summed E-state index contributed by atoms with van der Waals surface area (Å²) < 4.78 is 0. The van der Waals surface area contributed by atoms with E-state index in [0.717, 1.165) is 12.8 Å². The number of hydrogen-bond donors (Lipinski definition) is 0. The van der Waals surface area contributed by atoms with E-state index in [1.165, 1.54) is 32.1 Å². The zero-order chi connectivity index (χ0) is 7.94. The molecule has 0 aromatic rings. The molecule has 0 aromatic carbocycles. The highest BCUT2D eigenvalue weighted by Gasteiger charge is 2.11. The van der Waals surface area contributed by atoms with Crippen molar-refractivity contribution in [2.45, 2.75) is 51.0 Å². The molecule has 1 aliphatic carbocycles. The van der Waals surface area contributed by atoms with Gasteiger partial charge in [0.05, 0.1) is 0 Å². The summed E-state index contributed by atoms with van der Waals surface area (Å²) in [7, 11) is 0. The monoisotopic (exact) mass is 157 g/mol. The number of hydrogen-bond acceptors (Lipinski definition) is 3. The standard InChI is InChI=1S/C8H15NO2/c10-9-11-8-6-4-2-1-3-5-7-8/h8H,1-7H2. The van der Waals surface area contributed by atoms with E-state index in [2.05, 4.69) is 10.2 Å². The second-order valence-corrected chi connectivity index (χ2v) is 3.15. The third kappa shape index (κ3) is 3.35. The van der Waals surface area contributed by atoms with Crippen LogP contribution in [-0.4, -0.2) is 6.10 Å². The molecule has 0 amide bonds. The minimum Gasteiger partial charge on any atom is -0.361 e. The maximum Gasteiger partial charge on any atom is 0.155 e. The molecule has 1 rings (SSSR count). The topological polar surface area (TPSA) is 38.7 Å². The highest BCUT2D eigenvalue weighted by molar-refractivity contribution is 4.61. The molecule has 0 radical (unpaired) electrons.